The Kier molecular flexibility index (Phi) is 4.05. The van der Waals surface area contributed by atoms with Crippen LogP contribution in [0.25, 0.3) is 0 Å². The summed E-state index contributed by atoms with van der Waals surface area (Å²) >= 11 is 6.08. The van der Waals surface area contributed by atoms with Gasteiger partial charge in [-0.1, -0.05) is 23.7 Å². The molecular weight excluding hydrogens is 274 g/mol. The van der Waals surface area contributed by atoms with Gasteiger partial charge in [0, 0.05) is 18.1 Å². The summed E-state index contributed by atoms with van der Waals surface area (Å²) in [6.45, 7) is 4.62. The van der Waals surface area contributed by atoms with Crippen molar-refractivity contribution in [3.8, 4) is 0 Å². The number of hydrogen-bond acceptors (Lipinski definition) is 3. The summed E-state index contributed by atoms with van der Waals surface area (Å²) < 4.78 is 7.98. The van der Waals surface area contributed by atoms with Gasteiger partial charge in [-0.2, -0.15) is 0 Å². The summed E-state index contributed by atoms with van der Waals surface area (Å²) in [6, 6.07) is 8.12. The molecule has 5 heteroatoms. The lowest BCUT2D eigenvalue weighted by Crippen LogP contribution is -2.34. The molecule has 1 aliphatic rings. The number of rotatable bonds is 3. The van der Waals surface area contributed by atoms with Gasteiger partial charge in [-0.15, -0.1) is 0 Å². The van der Waals surface area contributed by atoms with Crippen molar-refractivity contribution in [2.45, 2.75) is 19.1 Å². The Balaban J connectivity index is 1.88. The Labute approximate surface area is 123 Å². The molecule has 0 amide bonds. The van der Waals surface area contributed by atoms with Crippen molar-refractivity contribution in [1.29, 1.82) is 0 Å². The van der Waals surface area contributed by atoms with Gasteiger partial charge in [0.15, 0.2) is 0 Å². The molecule has 0 saturated carbocycles. The highest BCUT2D eigenvalue weighted by molar-refractivity contribution is 6.30. The highest BCUT2D eigenvalue weighted by Gasteiger charge is 2.22. The predicted octanol–water partition coefficient (Wildman–Crippen LogP) is 2.81. The fourth-order valence-electron chi connectivity index (χ4n) is 2.57. The number of hydrogen-bond donors (Lipinski definition) is 1. The molecule has 0 aliphatic carbocycles. The Morgan fingerprint density at radius 1 is 1.50 bits per heavy atom. The lowest BCUT2D eigenvalue weighted by atomic mass is 10.1. The summed E-state index contributed by atoms with van der Waals surface area (Å²) in [5.41, 5.74) is 2.27. The lowest BCUT2D eigenvalue weighted by Gasteiger charge is -2.26. The van der Waals surface area contributed by atoms with E-state index in [2.05, 4.69) is 27.9 Å². The second kappa shape index (κ2) is 5.95. The second-order valence-electron chi connectivity index (χ2n) is 5.02. The molecule has 2 aromatic rings. The quantitative estimate of drug-likeness (QED) is 0.945. The molecule has 1 saturated heterocycles. The fourth-order valence-corrected chi connectivity index (χ4v) is 2.77. The van der Waals surface area contributed by atoms with Gasteiger partial charge in [0.1, 0.15) is 6.10 Å². The molecule has 3 rings (SSSR count). The number of nitrogens with one attached hydrogen (secondary N) is 1. The zero-order chi connectivity index (χ0) is 13.9. The highest BCUT2D eigenvalue weighted by Crippen LogP contribution is 2.26. The van der Waals surface area contributed by atoms with E-state index in [0.717, 1.165) is 30.4 Å². The lowest BCUT2D eigenvalue weighted by molar-refractivity contribution is 0.0224. The van der Waals surface area contributed by atoms with Gasteiger partial charge in [-0.05, 0) is 24.6 Å². The van der Waals surface area contributed by atoms with E-state index in [1.807, 2.05) is 30.7 Å². The van der Waals surface area contributed by atoms with Crippen molar-refractivity contribution in [3.63, 3.8) is 0 Å². The molecule has 2 heterocycles. The Morgan fingerprint density at radius 2 is 2.40 bits per heavy atom. The molecule has 0 radical (unpaired) electrons. The molecule has 1 aliphatic heterocycles. The molecule has 20 heavy (non-hydrogen) atoms. The fraction of sp³-hybridized carbons (Fsp3) is 0.400. The van der Waals surface area contributed by atoms with Crippen molar-refractivity contribution in [1.82, 2.24) is 14.9 Å². The summed E-state index contributed by atoms with van der Waals surface area (Å²) in [5, 5.41) is 4.11. The van der Waals surface area contributed by atoms with Gasteiger partial charge < -0.3 is 14.6 Å². The molecule has 1 fully saturated rings. The van der Waals surface area contributed by atoms with Gasteiger partial charge in [0.2, 0.25) is 0 Å². The normalized spacial score (nSPS) is 20.8. The van der Waals surface area contributed by atoms with Gasteiger partial charge >= 0.3 is 0 Å². The van der Waals surface area contributed by atoms with E-state index in [0.29, 0.717) is 0 Å². The first-order valence-corrected chi connectivity index (χ1v) is 7.23. The first-order chi connectivity index (χ1) is 9.75. The molecule has 1 N–H and O–H groups in total. The standard InChI is InChI=1S/C15H18ClN3O/c1-11(12-3-2-4-13(16)7-12)19-10-18-8-14(19)15-9-17-5-6-20-15/h2-4,7-8,10-11,15,17H,5-6,9H2,1H3. The number of ether oxygens (including phenoxy) is 1. The molecule has 2 unspecified atom stereocenters. The number of halogens is 1. The summed E-state index contributed by atoms with van der Waals surface area (Å²) in [6.07, 6.45) is 3.81. The van der Waals surface area contributed by atoms with Crippen LogP contribution < -0.4 is 5.32 Å². The minimum absolute atomic E-state index is 0.0629. The third kappa shape index (κ3) is 2.73. The van der Waals surface area contributed by atoms with Gasteiger partial charge in [-0.3, -0.25) is 0 Å². The van der Waals surface area contributed by atoms with Crippen molar-refractivity contribution in [2.75, 3.05) is 19.7 Å². The van der Waals surface area contributed by atoms with Crippen LogP contribution in [0.3, 0.4) is 0 Å². The van der Waals surface area contributed by atoms with Crippen LogP contribution in [-0.4, -0.2) is 29.2 Å². The number of benzene rings is 1. The van der Waals surface area contributed by atoms with Gasteiger partial charge in [0.05, 0.1) is 30.9 Å². The van der Waals surface area contributed by atoms with E-state index < -0.39 is 0 Å². The van der Waals surface area contributed by atoms with Crippen molar-refractivity contribution < 1.29 is 4.74 Å². The molecule has 1 aromatic heterocycles. The van der Waals surface area contributed by atoms with Crippen molar-refractivity contribution in [2.24, 2.45) is 0 Å². The number of imidazole rings is 1. The molecule has 0 spiro atoms. The first-order valence-electron chi connectivity index (χ1n) is 6.85. The monoisotopic (exact) mass is 291 g/mol. The molecule has 0 bridgehead atoms. The number of aromatic nitrogens is 2. The number of nitrogens with zero attached hydrogens (tertiary/aromatic N) is 2. The molecule has 1 aromatic carbocycles. The van der Waals surface area contributed by atoms with Crippen LogP contribution in [0.5, 0.6) is 0 Å². The van der Waals surface area contributed by atoms with Crippen LogP contribution in [0.1, 0.15) is 30.3 Å². The summed E-state index contributed by atoms with van der Waals surface area (Å²) in [7, 11) is 0. The van der Waals surface area contributed by atoms with Crippen LogP contribution in [0.4, 0.5) is 0 Å². The van der Waals surface area contributed by atoms with E-state index >= 15 is 0 Å². The van der Waals surface area contributed by atoms with Gasteiger partial charge in [-0.25, -0.2) is 4.98 Å². The van der Waals surface area contributed by atoms with Crippen molar-refractivity contribution in [3.05, 3.63) is 53.1 Å². The van der Waals surface area contributed by atoms with Crippen LogP contribution in [-0.2, 0) is 4.74 Å². The van der Waals surface area contributed by atoms with E-state index in [4.69, 9.17) is 16.3 Å². The largest absolute Gasteiger partial charge is 0.369 e. The maximum atomic E-state index is 6.08. The SMILES string of the molecule is CC(c1cccc(Cl)c1)n1cncc1C1CNCCO1. The Morgan fingerprint density at radius 3 is 3.15 bits per heavy atom. The third-order valence-corrected chi connectivity index (χ3v) is 3.94. The third-order valence-electron chi connectivity index (χ3n) is 3.70. The maximum Gasteiger partial charge on any atom is 0.111 e. The van der Waals surface area contributed by atoms with Crippen LogP contribution >= 0.6 is 11.6 Å². The topological polar surface area (TPSA) is 39.1 Å². The molecule has 4 nitrogen and oxygen atoms in total. The van der Waals surface area contributed by atoms with E-state index in [-0.39, 0.29) is 12.1 Å². The molecule has 106 valence electrons. The zero-order valence-electron chi connectivity index (χ0n) is 11.4. The average molecular weight is 292 g/mol. The minimum Gasteiger partial charge on any atom is -0.369 e. The summed E-state index contributed by atoms with van der Waals surface area (Å²) in [5.74, 6) is 0. The molecule has 2 atom stereocenters. The van der Waals surface area contributed by atoms with Crippen molar-refractivity contribution >= 4 is 11.6 Å². The average Bonchev–Trinajstić information content (AvgIpc) is 2.97. The minimum atomic E-state index is 0.0629. The molecular formula is C15H18ClN3O. The first kappa shape index (κ1) is 13.6. The highest BCUT2D eigenvalue weighted by atomic mass is 35.5. The van der Waals surface area contributed by atoms with E-state index in [9.17, 15) is 0 Å². The van der Waals surface area contributed by atoms with Crippen LogP contribution in [0, 0.1) is 0 Å². The van der Waals surface area contributed by atoms with Crippen LogP contribution in [0.2, 0.25) is 5.02 Å². The van der Waals surface area contributed by atoms with E-state index in [1.165, 1.54) is 5.56 Å². The predicted molar refractivity (Wildman–Crippen MR) is 79.1 cm³/mol. The summed E-state index contributed by atoms with van der Waals surface area (Å²) in [4.78, 5) is 4.29. The maximum absolute atomic E-state index is 6.08. The van der Waals surface area contributed by atoms with Crippen LogP contribution in [0.15, 0.2) is 36.8 Å². The zero-order valence-corrected chi connectivity index (χ0v) is 12.2. The smallest absolute Gasteiger partial charge is 0.111 e. The second-order valence-corrected chi connectivity index (χ2v) is 5.46. The van der Waals surface area contributed by atoms with E-state index in [1.54, 1.807) is 0 Å². The Hall–Kier alpha value is -1.36. The Bertz CT molecular complexity index is 578. The number of morpholine rings is 1. The van der Waals surface area contributed by atoms with Gasteiger partial charge in [0.25, 0.3) is 0 Å².